The molecule has 0 spiro atoms. The van der Waals surface area contributed by atoms with Crippen molar-refractivity contribution >= 4 is 75.8 Å². The van der Waals surface area contributed by atoms with Crippen LogP contribution in [0.4, 0.5) is 0 Å². The molecule has 0 unspecified atom stereocenters. The molecular weight excluding hydrogens is 1150 g/mol. The molecular formula is C61H119B4N7O17. The summed E-state index contributed by atoms with van der Waals surface area (Å²) in [6, 6.07) is 0. The first-order valence-corrected chi connectivity index (χ1v) is 33.7. The molecule has 0 aliphatic rings. The van der Waals surface area contributed by atoms with Gasteiger partial charge in [-0.25, -0.2) is 0 Å². The summed E-state index contributed by atoms with van der Waals surface area (Å²) in [5.74, 6) is -4.68. The maximum Gasteiger partial charge on any atom is 0.376 e. The average Bonchev–Trinajstić information content (AvgIpc) is 2.49. The van der Waals surface area contributed by atoms with Crippen LogP contribution in [-0.4, -0.2) is 195 Å². The molecule has 0 aromatic rings. The molecule has 0 aliphatic heterocycles. The molecule has 0 radical (unpaired) electrons. The van der Waals surface area contributed by atoms with Crippen LogP contribution in [0.15, 0.2) is 0 Å². The Labute approximate surface area is 535 Å². The third-order valence-corrected chi connectivity index (χ3v) is 15.2. The highest BCUT2D eigenvalue weighted by atomic mass is 16.6. The van der Waals surface area contributed by atoms with Crippen molar-refractivity contribution in [2.75, 3.05) is 65.5 Å². The smallest absolute Gasteiger partial charge is 0.376 e. The normalized spacial score (nSPS) is 12.6. The first-order valence-electron chi connectivity index (χ1n) is 33.7. The van der Waals surface area contributed by atoms with E-state index in [1.165, 1.54) is 19.3 Å². The minimum absolute atomic E-state index is 0.103. The fourth-order valence-electron chi connectivity index (χ4n) is 10.5. The molecule has 0 saturated heterocycles. The predicted molar refractivity (Wildman–Crippen MR) is 350 cm³/mol. The van der Waals surface area contributed by atoms with Gasteiger partial charge in [-0.3, -0.25) is 38.4 Å². The Morgan fingerprint density at radius 1 is 0.393 bits per heavy atom. The lowest BCUT2D eigenvalue weighted by Crippen LogP contribution is -2.57. The van der Waals surface area contributed by atoms with Gasteiger partial charge in [0.15, 0.2) is 18.3 Å². The van der Waals surface area contributed by atoms with E-state index in [4.69, 9.17) is 23.7 Å². The summed E-state index contributed by atoms with van der Waals surface area (Å²) in [5, 5.41) is 55.3. The summed E-state index contributed by atoms with van der Waals surface area (Å²) in [7, 11) is -2.26. The molecule has 0 aromatic heterocycles. The lowest BCUT2D eigenvalue weighted by molar-refractivity contribution is -0.203. The first kappa shape index (κ1) is 84.7. The van der Waals surface area contributed by atoms with Crippen molar-refractivity contribution < 1.29 is 82.1 Å². The minimum atomic E-state index is -1.81. The number of esters is 5. The van der Waals surface area contributed by atoms with Gasteiger partial charge in [0.2, 0.25) is 17.9 Å². The number of carbonyl (C=O) groups is 8. The van der Waals surface area contributed by atoms with Gasteiger partial charge in [0.25, 0.3) is 5.91 Å². The average molecular weight is 1270 g/mol. The Bertz CT molecular complexity index is 1870. The van der Waals surface area contributed by atoms with E-state index in [1.54, 1.807) is 13.6 Å². The summed E-state index contributed by atoms with van der Waals surface area (Å²) in [4.78, 5) is 103. The third kappa shape index (κ3) is 51.0. The quantitative estimate of drug-likeness (QED) is 0.0151. The van der Waals surface area contributed by atoms with Crippen LogP contribution in [-0.2, 0) is 62.0 Å². The highest BCUT2D eigenvalue weighted by molar-refractivity contribution is 6.46. The molecule has 24 nitrogen and oxygen atoms in total. The van der Waals surface area contributed by atoms with Crippen LogP contribution < -0.4 is 26.4 Å². The van der Waals surface area contributed by atoms with Crippen molar-refractivity contribution in [1.82, 2.24) is 36.0 Å². The van der Waals surface area contributed by atoms with Crippen molar-refractivity contribution in [2.24, 2.45) is 5.92 Å². The van der Waals surface area contributed by atoms with Gasteiger partial charge in [0.05, 0.1) is 0 Å². The lowest BCUT2D eigenvalue weighted by Gasteiger charge is -2.34. The van der Waals surface area contributed by atoms with Crippen molar-refractivity contribution in [3.8, 4) is 0 Å². The number of rotatable bonds is 59. The molecule has 89 heavy (non-hydrogen) atoms. The number of carbonyl (C=O) groups excluding carboxylic acids is 8. The number of unbranched alkanes of at least 4 members (excludes halogenated alkanes) is 21. The molecule has 0 fully saturated rings. The Hall–Kier alpha value is -4.30. The highest BCUT2D eigenvalue weighted by Crippen LogP contribution is 2.22. The van der Waals surface area contributed by atoms with E-state index >= 15 is 0 Å². The largest absolute Gasteiger partial charge is 0.462 e. The Balaban J connectivity index is 4.29. The third-order valence-electron chi connectivity index (χ3n) is 15.2. The van der Waals surface area contributed by atoms with E-state index in [1.807, 2.05) is 13.6 Å². The van der Waals surface area contributed by atoms with Gasteiger partial charge >= 0.3 is 58.0 Å². The topological polar surface area (TPSA) is 330 Å². The number of nitrogens with one attached hydrogen (secondary N) is 5. The van der Waals surface area contributed by atoms with Crippen LogP contribution in [0.5, 0.6) is 0 Å². The van der Waals surface area contributed by atoms with Crippen LogP contribution in [0.1, 0.15) is 221 Å². The minimum Gasteiger partial charge on any atom is -0.462 e. The fourth-order valence-corrected chi connectivity index (χ4v) is 10.5. The van der Waals surface area contributed by atoms with Gasteiger partial charge in [-0.1, -0.05) is 109 Å². The van der Waals surface area contributed by atoms with E-state index in [2.05, 4.69) is 36.0 Å². The highest BCUT2D eigenvalue weighted by Gasteiger charge is 2.47. The molecule has 0 bridgehead atoms. The van der Waals surface area contributed by atoms with Gasteiger partial charge < -0.3 is 79.8 Å². The fraction of sp³-hybridized carbons (Fsp3) is 0.869. The standard InChI is InChI=1S/C61H119B4N7O17/c1-49(73)85-48-55(86-50(2)74)58(87-51(3)75)59(88-52(4)76)60(89-53(5)77)61(80)68-41-31-24-19-15-11-13-17-21-27-37-56(78)66-39-29-23-18-14-10-12-16-20-28-38-57(79)67-40-30-25-22-26-36-54(46-71(64(8)83)44-34-32-42-69-62(6)81)47-72(65(9)84)45-35-33-43-70-63(7)82/h54-55,58-60,69-70,81-84H,10-48H2,1-9H3,(H,66,78)(H,67,79)(H,68,80)/t55-,58+,59-,60+/m0/s1. The van der Waals surface area contributed by atoms with Gasteiger partial charge in [-0.05, 0) is 137 Å². The summed E-state index contributed by atoms with van der Waals surface area (Å²) in [6.45, 7) is 17.7. The van der Waals surface area contributed by atoms with Crippen LogP contribution in [0.3, 0.4) is 0 Å². The van der Waals surface area contributed by atoms with Crippen molar-refractivity contribution in [3.63, 3.8) is 0 Å². The summed E-state index contributed by atoms with van der Waals surface area (Å²) in [6.07, 6.45) is 21.0. The summed E-state index contributed by atoms with van der Waals surface area (Å²) in [5.41, 5.74) is 0. The second-order valence-electron chi connectivity index (χ2n) is 24.0. The van der Waals surface area contributed by atoms with Gasteiger partial charge in [-0.2, -0.15) is 0 Å². The molecule has 0 aromatic carbocycles. The van der Waals surface area contributed by atoms with Gasteiger partial charge in [0, 0.05) is 67.1 Å². The van der Waals surface area contributed by atoms with Crippen LogP contribution in [0.25, 0.3) is 0 Å². The Morgan fingerprint density at radius 3 is 1.11 bits per heavy atom. The molecule has 3 amide bonds. The zero-order chi connectivity index (χ0) is 66.6. The zero-order valence-corrected chi connectivity index (χ0v) is 56.3. The first-order chi connectivity index (χ1) is 42.4. The lowest BCUT2D eigenvalue weighted by atomic mass is 9.80. The van der Waals surface area contributed by atoms with E-state index in [9.17, 15) is 58.5 Å². The van der Waals surface area contributed by atoms with E-state index < -0.39 is 95.0 Å². The molecule has 0 rings (SSSR count). The number of hydrogen-bond donors (Lipinski definition) is 9. The maximum atomic E-state index is 13.4. The Morgan fingerprint density at radius 2 is 0.742 bits per heavy atom. The second kappa shape index (κ2) is 55.3. The van der Waals surface area contributed by atoms with Crippen LogP contribution in [0.2, 0.25) is 27.3 Å². The van der Waals surface area contributed by atoms with Crippen molar-refractivity contribution in [2.45, 2.75) is 273 Å². The van der Waals surface area contributed by atoms with Crippen LogP contribution in [0, 0.1) is 5.92 Å². The SMILES string of the molecule is CB(O)NCCCCN(CC(CCCCCCNC(=O)CCCCCCCCCCCNC(=O)CCCCCCCCCCCNC(=O)[C@H](OC(C)=O)[C@@H](OC(C)=O)[C@H](OC(C)=O)[C@H](COC(C)=O)OC(C)=O)CN(CCCCNB(C)O)B(C)O)B(C)O. The predicted octanol–water partition coefficient (Wildman–Crippen LogP) is 5.78. The number of nitrogens with zero attached hydrogens (tertiary/aromatic N) is 2. The van der Waals surface area contributed by atoms with E-state index in [0.717, 1.165) is 208 Å². The molecule has 9 N–H and O–H groups in total. The molecule has 4 atom stereocenters. The molecule has 0 aliphatic carbocycles. The second-order valence-corrected chi connectivity index (χ2v) is 24.0. The van der Waals surface area contributed by atoms with Crippen molar-refractivity contribution in [1.29, 1.82) is 0 Å². The van der Waals surface area contributed by atoms with E-state index in [0.29, 0.717) is 45.4 Å². The molecule has 0 heterocycles. The monoisotopic (exact) mass is 1270 g/mol. The summed E-state index contributed by atoms with van der Waals surface area (Å²) < 4.78 is 26.2. The molecule has 28 heteroatoms. The number of hydrogen-bond acceptors (Lipinski definition) is 21. The summed E-state index contributed by atoms with van der Waals surface area (Å²) >= 11 is 0. The van der Waals surface area contributed by atoms with E-state index in [-0.39, 0.29) is 24.3 Å². The molecule has 512 valence electrons. The van der Waals surface area contributed by atoms with Gasteiger partial charge in [-0.15, -0.1) is 0 Å². The van der Waals surface area contributed by atoms with Crippen molar-refractivity contribution in [3.05, 3.63) is 0 Å². The number of amides is 3. The van der Waals surface area contributed by atoms with Crippen LogP contribution >= 0.6 is 0 Å². The Kier molecular flexibility index (Phi) is 52.7. The zero-order valence-electron chi connectivity index (χ0n) is 56.3. The number of ether oxygens (including phenoxy) is 5. The maximum absolute atomic E-state index is 13.4. The molecule has 0 saturated carbocycles. The van der Waals surface area contributed by atoms with Gasteiger partial charge in [0.1, 0.15) is 6.61 Å².